The lowest BCUT2D eigenvalue weighted by atomic mass is 10.1. The number of nitrogens with zero attached hydrogens (tertiary/aromatic N) is 1. The van der Waals surface area contributed by atoms with Crippen LogP contribution in [0.2, 0.25) is 0 Å². The second kappa shape index (κ2) is 10.2. The molecule has 0 atom stereocenters. The van der Waals surface area contributed by atoms with Crippen LogP contribution in [0.25, 0.3) is 0 Å². The van der Waals surface area contributed by atoms with Crippen LogP contribution in [-0.2, 0) is 15.4 Å². The molecule has 7 nitrogen and oxygen atoms in total. The monoisotopic (exact) mass is 341 g/mol. The zero-order valence-corrected chi connectivity index (χ0v) is 14.3. The molecule has 0 saturated heterocycles. The van der Waals surface area contributed by atoms with E-state index in [1.165, 1.54) is 4.90 Å². The van der Waals surface area contributed by atoms with Gasteiger partial charge in [-0.15, -0.1) is 0 Å². The van der Waals surface area contributed by atoms with Gasteiger partial charge in [-0.1, -0.05) is 12.1 Å². The van der Waals surface area contributed by atoms with Gasteiger partial charge in [-0.3, -0.25) is 4.79 Å². The largest absolute Gasteiger partial charge is 0.493 e. The van der Waals surface area contributed by atoms with Crippen molar-refractivity contribution in [2.75, 3.05) is 33.9 Å². The zero-order valence-electron chi connectivity index (χ0n) is 14.3. The Bertz CT molecular complexity index is 506. The van der Waals surface area contributed by atoms with Crippen molar-refractivity contribution in [3.8, 4) is 5.75 Å². The lowest BCUT2D eigenvalue weighted by molar-refractivity contribution is -0.269. The first-order chi connectivity index (χ1) is 11.4. The molecule has 0 saturated carbocycles. The van der Waals surface area contributed by atoms with Gasteiger partial charge in [0.2, 0.25) is 0 Å². The molecule has 1 aromatic rings. The second-order valence-corrected chi connectivity index (χ2v) is 5.60. The Morgan fingerprint density at radius 3 is 2.54 bits per heavy atom. The maximum absolute atomic E-state index is 10.4. The highest BCUT2D eigenvalue weighted by Gasteiger charge is 2.34. The molecule has 3 N–H and O–H groups in total. The molecule has 0 radical (unpaired) electrons. The van der Waals surface area contributed by atoms with Crippen LogP contribution in [-0.4, -0.2) is 60.1 Å². The molecule has 0 aromatic heterocycles. The van der Waals surface area contributed by atoms with Crippen molar-refractivity contribution >= 4 is 5.97 Å². The van der Waals surface area contributed by atoms with Crippen molar-refractivity contribution in [2.24, 2.45) is 0 Å². The van der Waals surface area contributed by atoms with Crippen LogP contribution in [0.4, 0.5) is 0 Å². The zero-order chi connectivity index (χ0) is 18.0. The molecule has 0 fully saturated rings. The minimum atomic E-state index is -2.17. The molecule has 0 heterocycles. The number of carboxylic acid groups (broad SMARTS) is 1. The molecule has 0 aliphatic carbocycles. The van der Waals surface area contributed by atoms with E-state index < -0.39 is 11.9 Å². The summed E-state index contributed by atoms with van der Waals surface area (Å²) in [6.07, 6.45) is 2.19. The number of hydrogen-bond acceptors (Lipinski definition) is 6. The predicted octanol–water partition coefficient (Wildman–Crippen LogP) is 1.38. The smallest absolute Gasteiger partial charge is 0.303 e. The van der Waals surface area contributed by atoms with Gasteiger partial charge in [-0.05, 0) is 38.4 Å². The number of unbranched alkanes of at least 4 members (excludes halogenated alkanes) is 2. The standard InChI is InChI=1S/C17H27NO6/c1-18(11-13-23-2)17(21,22)14-8-5-6-9-15(14)24-12-7-3-4-10-16(19)20/h5-6,8-9,21-22H,3-4,7,10-13H2,1-2H3,(H,19,20). The van der Waals surface area contributed by atoms with Crippen molar-refractivity contribution in [2.45, 2.75) is 31.6 Å². The van der Waals surface area contributed by atoms with Crippen molar-refractivity contribution in [1.29, 1.82) is 0 Å². The number of benzene rings is 1. The van der Waals surface area contributed by atoms with Crippen molar-refractivity contribution in [1.82, 2.24) is 4.90 Å². The minimum Gasteiger partial charge on any atom is -0.493 e. The van der Waals surface area contributed by atoms with Crippen LogP contribution >= 0.6 is 0 Å². The number of rotatable bonds is 12. The fraction of sp³-hybridized carbons (Fsp3) is 0.588. The summed E-state index contributed by atoms with van der Waals surface area (Å²) in [6.45, 7) is 1.09. The molecule has 24 heavy (non-hydrogen) atoms. The first kappa shape index (κ1) is 20.4. The molecule has 0 amide bonds. The quantitative estimate of drug-likeness (QED) is 0.390. The summed E-state index contributed by atoms with van der Waals surface area (Å²) in [4.78, 5) is 11.8. The van der Waals surface area contributed by atoms with Gasteiger partial charge in [-0.2, -0.15) is 0 Å². The van der Waals surface area contributed by atoms with Gasteiger partial charge in [0.1, 0.15) is 5.75 Å². The van der Waals surface area contributed by atoms with Crippen LogP contribution in [0.3, 0.4) is 0 Å². The Balaban J connectivity index is 2.62. The van der Waals surface area contributed by atoms with Crippen LogP contribution in [0.15, 0.2) is 24.3 Å². The third-order valence-corrected chi connectivity index (χ3v) is 3.70. The van der Waals surface area contributed by atoms with E-state index in [2.05, 4.69) is 0 Å². The molecule has 7 heteroatoms. The summed E-state index contributed by atoms with van der Waals surface area (Å²) in [6, 6.07) is 6.75. The van der Waals surface area contributed by atoms with E-state index in [9.17, 15) is 15.0 Å². The number of carboxylic acids is 1. The number of likely N-dealkylation sites (N-methyl/N-ethyl adjacent to an activating group) is 1. The molecule has 1 rings (SSSR count). The number of aliphatic hydroxyl groups is 2. The van der Waals surface area contributed by atoms with Crippen molar-refractivity contribution < 1.29 is 29.6 Å². The van der Waals surface area contributed by atoms with E-state index in [0.29, 0.717) is 38.3 Å². The van der Waals surface area contributed by atoms with E-state index in [4.69, 9.17) is 14.6 Å². The lowest BCUT2D eigenvalue weighted by Crippen LogP contribution is -2.45. The number of hydrogen-bond donors (Lipinski definition) is 3. The summed E-state index contributed by atoms with van der Waals surface area (Å²) >= 11 is 0. The number of para-hydroxylation sites is 1. The minimum absolute atomic E-state index is 0.150. The summed E-state index contributed by atoms with van der Waals surface area (Å²) in [5.41, 5.74) is 0.258. The summed E-state index contributed by atoms with van der Waals surface area (Å²) in [5, 5.41) is 29.5. The summed E-state index contributed by atoms with van der Waals surface area (Å²) < 4.78 is 10.6. The van der Waals surface area contributed by atoms with Gasteiger partial charge in [0.25, 0.3) is 5.91 Å². The van der Waals surface area contributed by atoms with E-state index in [1.807, 2.05) is 0 Å². The number of aliphatic carboxylic acids is 1. The fourth-order valence-corrected chi connectivity index (χ4v) is 2.20. The Morgan fingerprint density at radius 2 is 1.88 bits per heavy atom. The molecule has 0 spiro atoms. The topological polar surface area (TPSA) is 99.5 Å². The van der Waals surface area contributed by atoms with Gasteiger partial charge in [0.15, 0.2) is 0 Å². The number of ether oxygens (including phenoxy) is 2. The SMILES string of the molecule is COCCN(C)C(O)(O)c1ccccc1OCCCCCC(=O)O. The third-order valence-electron chi connectivity index (χ3n) is 3.70. The van der Waals surface area contributed by atoms with Crippen LogP contribution in [0.1, 0.15) is 31.2 Å². The van der Waals surface area contributed by atoms with E-state index >= 15 is 0 Å². The van der Waals surface area contributed by atoms with Gasteiger partial charge in [0, 0.05) is 20.1 Å². The molecule has 0 unspecified atom stereocenters. The number of carbonyl (C=O) groups is 1. The summed E-state index contributed by atoms with van der Waals surface area (Å²) in [5.74, 6) is -2.57. The Morgan fingerprint density at radius 1 is 1.17 bits per heavy atom. The van der Waals surface area contributed by atoms with Crippen molar-refractivity contribution in [3.63, 3.8) is 0 Å². The highest BCUT2D eigenvalue weighted by molar-refractivity contribution is 5.66. The Labute approximate surface area is 142 Å². The van der Waals surface area contributed by atoms with Crippen LogP contribution in [0.5, 0.6) is 5.75 Å². The third kappa shape index (κ3) is 6.45. The molecular formula is C17H27NO6. The maximum Gasteiger partial charge on any atom is 0.303 e. The van der Waals surface area contributed by atoms with Gasteiger partial charge < -0.3 is 24.8 Å². The molecule has 0 aliphatic heterocycles. The maximum atomic E-state index is 10.4. The molecule has 0 bridgehead atoms. The van der Waals surface area contributed by atoms with Gasteiger partial charge in [-0.25, -0.2) is 4.90 Å². The average Bonchev–Trinajstić information content (AvgIpc) is 2.55. The molecular weight excluding hydrogens is 314 g/mol. The summed E-state index contributed by atoms with van der Waals surface area (Å²) in [7, 11) is 3.13. The molecule has 0 aliphatic rings. The second-order valence-electron chi connectivity index (χ2n) is 5.60. The van der Waals surface area contributed by atoms with Gasteiger partial charge in [0.05, 0.1) is 18.8 Å². The fourth-order valence-electron chi connectivity index (χ4n) is 2.20. The van der Waals surface area contributed by atoms with Crippen molar-refractivity contribution in [3.05, 3.63) is 29.8 Å². The van der Waals surface area contributed by atoms with E-state index in [-0.39, 0.29) is 12.0 Å². The lowest BCUT2D eigenvalue weighted by Gasteiger charge is -2.33. The Hall–Kier alpha value is -1.67. The van der Waals surface area contributed by atoms with E-state index in [1.54, 1.807) is 38.4 Å². The van der Waals surface area contributed by atoms with Gasteiger partial charge >= 0.3 is 5.97 Å². The first-order valence-electron chi connectivity index (χ1n) is 7.98. The van der Waals surface area contributed by atoms with E-state index in [0.717, 1.165) is 6.42 Å². The highest BCUT2D eigenvalue weighted by Crippen LogP contribution is 2.30. The highest BCUT2D eigenvalue weighted by atomic mass is 16.5. The molecule has 1 aromatic carbocycles. The first-order valence-corrected chi connectivity index (χ1v) is 7.98. The Kier molecular flexibility index (Phi) is 8.70. The molecule has 136 valence electrons. The normalized spacial score (nSPS) is 11.7. The van der Waals surface area contributed by atoms with Crippen LogP contribution < -0.4 is 4.74 Å². The predicted molar refractivity (Wildman–Crippen MR) is 88.7 cm³/mol. The number of methoxy groups -OCH3 is 1. The van der Waals surface area contributed by atoms with Crippen LogP contribution in [0, 0.1) is 0 Å². The average molecular weight is 341 g/mol.